The van der Waals surface area contributed by atoms with Crippen LogP contribution in [-0.4, -0.2) is 17.9 Å². The van der Waals surface area contributed by atoms with Crippen LogP contribution in [0.5, 0.6) is 0 Å². The Hall–Kier alpha value is -2.76. The van der Waals surface area contributed by atoms with E-state index in [0.29, 0.717) is 5.56 Å². The molecular weight excluding hydrogens is 350 g/mol. The van der Waals surface area contributed by atoms with E-state index in [0.717, 1.165) is 23.3 Å². The molecule has 2 aromatic rings. The molecule has 1 atom stereocenters. The zero-order chi connectivity index (χ0) is 20.2. The van der Waals surface area contributed by atoms with Crippen molar-refractivity contribution >= 4 is 11.8 Å². The third-order valence-electron chi connectivity index (χ3n) is 4.29. The fourth-order valence-electron chi connectivity index (χ4n) is 2.68. The molecule has 0 radical (unpaired) electrons. The quantitative estimate of drug-likeness (QED) is 0.816. The zero-order valence-corrected chi connectivity index (χ0v) is 15.7. The largest absolute Gasteiger partial charge is 0.368 e. The molecule has 0 unspecified atom stereocenters. The van der Waals surface area contributed by atoms with Crippen LogP contribution < -0.4 is 11.1 Å². The predicted octanol–water partition coefficient (Wildman–Crippen LogP) is 3.02. The minimum Gasteiger partial charge on any atom is -0.368 e. The van der Waals surface area contributed by atoms with Crippen molar-refractivity contribution in [3.8, 4) is 0 Å². The average Bonchev–Trinajstić information content (AvgIpc) is 2.57. The van der Waals surface area contributed by atoms with Gasteiger partial charge < -0.3 is 11.1 Å². The lowest BCUT2D eigenvalue weighted by molar-refractivity contribution is -0.127. The van der Waals surface area contributed by atoms with Gasteiger partial charge in [0.25, 0.3) is 0 Å². The zero-order valence-electron chi connectivity index (χ0n) is 15.7. The van der Waals surface area contributed by atoms with E-state index in [2.05, 4.69) is 26.1 Å². The lowest BCUT2D eigenvalue weighted by atomic mass is 9.86. The van der Waals surface area contributed by atoms with Gasteiger partial charge in [0.2, 0.25) is 11.8 Å². The molecule has 144 valence electrons. The highest BCUT2D eigenvalue weighted by molar-refractivity contribution is 5.87. The summed E-state index contributed by atoms with van der Waals surface area (Å²) in [6, 6.07) is 10.1. The Morgan fingerprint density at radius 2 is 1.59 bits per heavy atom. The molecule has 0 fully saturated rings. The Kier molecular flexibility index (Phi) is 6.31. The Balaban J connectivity index is 2.03. The molecule has 3 N–H and O–H groups in total. The molecule has 6 heteroatoms. The lowest BCUT2D eigenvalue weighted by Crippen LogP contribution is -2.46. The van der Waals surface area contributed by atoms with E-state index in [1.54, 1.807) is 0 Å². The van der Waals surface area contributed by atoms with Crippen molar-refractivity contribution in [2.24, 2.45) is 5.73 Å². The Morgan fingerprint density at radius 3 is 2.11 bits per heavy atom. The number of nitrogens with one attached hydrogen (secondary N) is 1. The van der Waals surface area contributed by atoms with Crippen molar-refractivity contribution in [3.63, 3.8) is 0 Å². The molecule has 4 nitrogen and oxygen atoms in total. The highest BCUT2D eigenvalue weighted by Crippen LogP contribution is 2.22. The van der Waals surface area contributed by atoms with E-state index in [9.17, 15) is 18.4 Å². The van der Waals surface area contributed by atoms with Gasteiger partial charge in [-0.2, -0.15) is 0 Å². The van der Waals surface area contributed by atoms with Gasteiger partial charge in [-0.1, -0.05) is 51.1 Å². The monoisotopic (exact) mass is 374 g/mol. The SMILES string of the molecule is CC(C)(C)c1ccc(C[C@H](NC(=O)Cc2ccc(F)c(F)c2)C(N)=O)cc1. The molecule has 2 rings (SSSR count). The van der Waals surface area contributed by atoms with Gasteiger partial charge in [-0.3, -0.25) is 9.59 Å². The number of hydrogen-bond acceptors (Lipinski definition) is 2. The molecule has 0 spiro atoms. The molecule has 0 aliphatic carbocycles. The van der Waals surface area contributed by atoms with Crippen LogP contribution in [0.1, 0.15) is 37.5 Å². The maximum absolute atomic E-state index is 13.2. The molecule has 2 amide bonds. The topological polar surface area (TPSA) is 72.2 Å². The third kappa shape index (κ3) is 5.88. The summed E-state index contributed by atoms with van der Waals surface area (Å²) in [6.07, 6.45) is 0.0766. The highest BCUT2D eigenvalue weighted by atomic mass is 19.2. The van der Waals surface area contributed by atoms with E-state index < -0.39 is 29.5 Å². The molecule has 0 aliphatic heterocycles. The van der Waals surface area contributed by atoms with Gasteiger partial charge in [0.15, 0.2) is 11.6 Å². The fourth-order valence-corrected chi connectivity index (χ4v) is 2.68. The molecule has 0 aliphatic rings. The first-order valence-corrected chi connectivity index (χ1v) is 8.68. The normalized spacial score (nSPS) is 12.5. The van der Waals surface area contributed by atoms with Crippen molar-refractivity contribution in [1.82, 2.24) is 5.32 Å². The Labute approximate surface area is 157 Å². The molecule has 2 aromatic carbocycles. The molecule has 0 heterocycles. The number of primary amides is 1. The first-order chi connectivity index (χ1) is 12.6. The first kappa shape index (κ1) is 20.6. The predicted molar refractivity (Wildman–Crippen MR) is 100 cm³/mol. The van der Waals surface area contributed by atoms with Crippen molar-refractivity contribution in [2.45, 2.75) is 45.1 Å². The number of benzene rings is 2. The highest BCUT2D eigenvalue weighted by Gasteiger charge is 2.20. The fraction of sp³-hybridized carbons (Fsp3) is 0.333. The minimum absolute atomic E-state index is 0.0142. The lowest BCUT2D eigenvalue weighted by Gasteiger charge is -2.20. The van der Waals surface area contributed by atoms with Crippen molar-refractivity contribution in [2.75, 3.05) is 0 Å². The molecule has 27 heavy (non-hydrogen) atoms. The van der Waals surface area contributed by atoms with Gasteiger partial charge >= 0.3 is 0 Å². The van der Waals surface area contributed by atoms with E-state index in [-0.39, 0.29) is 18.3 Å². The minimum atomic E-state index is -1.02. The van der Waals surface area contributed by atoms with Gasteiger partial charge in [0.1, 0.15) is 6.04 Å². The second-order valence-corrected chi connectivity index (χ2v) is 7.60. The number of amides is 2. The molecule has 0 saturated heterocycles. The van der Waals surface area contributed by atoms with Crippen LogP contribution in [0, 0.1) is 11.6 Å². The van der Waals surface area contributed by atoms with Crippen LogP contribution in [0.3, 0.4) is 0 Å². The molecular formula is C21H24F2N2O2. The summed E-state index contributed by atoms with van der Waals surface area (Å²) in [7, 11) is 0. The number of rotatable bonds is 6. The van der Waals surface area contributed by atoms with Crippen LogP contribution >= 0.6 is 0 Å². The van der Waals surface area contributed by atoms with Crippen LogP contribution in [0.2, 0.25) is 0 Å². The first-order valence-electron chi connectivity index (χ1n) is 8.68. The molecule has 0 saturated carbocycles. The standard InChI is InChI=1S/C21H24F2N2O2/c1-21(2,3)15-7-4-13(5-8-15)11-18(20(24)27)25-19(26)12-14-6-9-16(22)17(23)10-14/h4-10,18H,11-12H2,1-3H3,(H2,24,27)(H,25,26)/t18-/m0/s1. The van der Waals surface area contributed by atoms with Crippen LogP contribution in [-0.2, 0) is 27.8 Å². The van der Waals surface area contributed by atoms with Crippen LogP contribution in [0.15, 0.2) is 42.5 Å². The second kappa shape index (κ2) is 8.29. The number of carbonyl (C=O) groups is 2. The Bertz CT molecular complexity index is 827. The Morgan fingerprint density at radius 1 is 1.00 bits per heavy atom. The molecule has 0 aromatic heterocycles. The summed E-state index contributed by atoms with van der Waals surface area (Å²) in [5, 5.41) is 2.56. The number of carbonyl (C=O) groups excluding carboxylic acids is 2. The van der Waals surface area contributed by atoms with Crippen molar-refractivity contribution in [1.29, 1.82) is 0 Å². The summed E-state index contributed by atoms with van der Waals surface area (Å²) in [6.45, 7) is 6.31. The molecule has 0 bridgehead atoms. The summed E-state index contributed by atoms with van der Waals surface area (Å²) in [5.74, 6) is -3.15. The summed E-state index contributed by atoms with van der Waals surface area (Å²) in [4.78, 5) is 23.9. The van der Waals surface area contributed by atoms with E-state index in [4.69, 9.17) is 5.73 Å². The van der Waals surface area contributed by atoms with Crippen LogP contribution in [0.25, 0.3) is 0 Å². The number of hydrogen-bond donors (Lipinski definition) is 2. The van der Waals surface area contributed by atoms with Gasteiger partial charge in [-0.05, 0) is 34.2 Å². The summed E-state index contributed by atoms with van der Waals surface area (Å²) >= 11 is 0. The van der Waals surface area contributed by atoms with Crippen molar-refractivity contribution in [3.05, 3.63) is 70.8 Å². The van der Waals surface area contributed by atoms with Crippen molar-refractivity contribution < 1.29 is 18.4 Å². The number of halogens is 2. The van der Waals surface area contributed by atoms with E-state index in [1.165, 1.54) is 6.07 Å². The van der Waals surface area contributed by atoms with Gasteiger partial charge in [0.05, 0.1) is 6.42 Å². The van der Waals surface area contributed by atoms with Crippen LogP contribution in [0.4, 0.5) is 8.78 Å². The maximum Gasteiger partial charge on any atom is 0.240 e. The maximum atomic E-state index is 13.2. The van der Waals surface area contributed by atoms with E-state index in [1.807, 2.05) is 24.3 Å². The van der Waals surface area contributed by atoms with E-state index >= 15 is 0 Å². The third-order valence-corrected chi connectivity index (χ3v) is 4.29. The summed E-state index contributed by atoms with van der Waals surface area (Å²) < 4.78 is 26.2. The number of nitrogens with two attached hydrogens (primary N) is 1. The van der Waals surface area contributed by atoms with Gasteiger partial charge in [-0.25, -0.2) is 8.78 Å². The van der Waals surface area contributed by atoms with Gasteiger partial charge in [0, 0.05) is 6.42 Å². The smallest absolute Gasteiger partial charge is 0.240 e. The van der Waals surface area contributed by atoms with Gasteiger partial charge in [-0.15, -0.1) is 0 Å². The average molecular weight is 374 g/mol. The second-order valence-electron chi connectivity index (χ2n) is 7.60. The summed E-state index contributed by atoms with van der Waals surface area (Å²) in [5.41, 5.74) is 7.75.